The average molecular weight is 472 g/mol. The number of carbonyl (C=O) groups is 1. The number of rotatable bonds is 0. The van der Waals surface area contributed by atoms with Crippen LogP contribution in [0.25, 0.3) is 0 Å². The Hall–Kier alpha value is -2.55. The molecule has 2 rings (SSSR count). The molecule has 0 aromatic rings. The molecule has 186 valence electrons. The number of ether oxygens (including phenoxy) is 1. The molecule has 2 aliphatic heterocycles. The number of carbonyl (C=O) groups excluding carboxylic acids is 1. The maximum absolute atomic E-state index is 12.0. The molecule has 7 heteroatoms. The van der Waals surface area contributed by atoms with Crippen LogP contribution in [0.3, 0.4) is 0 Å². The van der Waals surface area contributed by atoms with Crippen LogP contribution in [0.5, 0.6) is 0 Å². The molecule has 0 unspecified atom stereocenters. The molecule has 0 spiro atoms. The quantitative estimate of drug-likeness (QED) is 0.369. The molecule has 0 aromatic carbocycles. The third-order valence-corrected chi connectivity index (χ3v) is 5.48. The molecule has 5 N–H and O–H groups in total. The van der Waals surface area contributed by atoms with Crippen molar-refractivity contribution in [2.45, 2.75) is 75.8 Å². The van der Waals surface area contributed by atoms with E-state index in [1.165, 1.54) is 6.08 Å². The van der Waals surface area contributed by atoms with Crippen molar-refractivity contribution in [1.29, 1.82) is 0 Å². The van der Waals surface area contributed by atoms with E-state index in [0.29, 0.717) is 6.42 Å². The predicted molar refractivity (Wildman–Crippen MR) is 133 cm³/mol. The Kier molecular flexibility index (Phi) is 11.9. The van der Waals surface area contributed by atoms with Gasteiger partial charge in [0.05, 0.1) is 24.4 Å². The number of fused-ring (bicyclic) bond motifs is 2. The second-order valence-corrected chi connectivity index (χ2v) is 8.66. The predicted octanol–water partition coefficient (Wildman–Crippen LogP) is 2.17. The van der Waals surface area contributed by atoms with Crippen molar-refractivity contribution in [1.82, 2.24) is 5.32 Å². The summed E-state index contributed by atoms with van der Waals surface area (Å²) in [5.74, 6) is -0.254. The summed E-state index contributed by atoms with van der Waals surface area (Å²) in [5.41, 5.74) is 0.942. The smallest absolute Gasteiger partial charge is 0.244 e. The van der Waals surface area contributed by atoms with Gasteiger partial charge in [-0.3, -0.25) is 4.79 Å². The molecule has 7 nitrogen and oxygen atoms in total. The van der Waals surface area contributed by atoms with Gasteiger partial charge >= 0.3 is 0 Å². The van der Waals surface area contributed by atoms with Crippen molar-refractivity contribution in [2.75, 3.05) is 0 Å². The third kappa shape index (κ3) is 10.2. The summed E-state index contributed by atoms with van der Waals surface area (Å²) in [6.07, 6.45) is 18.2. The van der Waals surface area contributed by atoms with Crippen LogP contribution in [-0.4, -0.2) is 69.0 Å². The Morgan fingerprint density at radius 1 is 0.853 bits per heavy atom. The Morgan fingerprint density at radius 2 is 1.59 bits per heavy atom. The summed E-state index contributed by atoms with van der Waals surface area (Å²) < 4.78 is 5.80. The zero-order chi connectivity index (χ0) is 24.9. The fraction of sp³-hybridized carbons (Fsp3) is 0.444. The van der Waals surface area contributed by atoms with Crippen molar-refractivity contribution in [3.63, 3.8) is 0 Å². The Labute approximate surface area is 201 Å². The highest BCUT2D eigenvalue weighted by molar-refractivity contribution is 5.87. The lowest BCUT2D eigenvalue weighted by molar-refractivity contribution is -0.183. The molecule has 1 fully saturated rings. The first-order valence-electron chi connectivity index (χ1n) is 11.6. The summed E-state index contributed by atoms with van der Waals surface area (Å²) in [6, 6.07) is -0.198. The first-order valence-corrected chi connectivity index (χ1v) is 11.6. The van der Waals surface area contributed by atoms with E-state index in [1.54, 1.807) is 54.7 Å². The highest BCUT2D eigenvalue weighted by Crippen LogP contribution is 2.25. The topological polar surface area (TPSA) is 119 Å². The number of hydrogen-bond acceptors (Lipinski definition) is 6. The Morgan fingerprint density at radius 3 is 2.38 bits per heavy atom. The lowest BCUT2D eigenvalue weighted by Crippen LogP contribution is -2.51. The molecule has 0 saturated carbocycles. The van der Waals surface area contributed by atoms with E-state index in [9.17, 15) is 25.2 Å². The molecule has 0 aliphatic carbocycles. The van der Waals surface area contributed by atoms with Gasteiger partial charge in [-0.05, 0) is 26.7 Å². The molecule has 1 amide bonds. The van der Waals surface area contributed by atoms with Gasteiger partial charge in [-0.2, -0.15) is 0 Å². The number of nitrogens with one attached hydrogen (secondary N) is 1. The Bertz CT molecular complexity index is 853. The van der Waals surface area contributed by atoms with Crippen molar-refractivity contribution in [3.8, 4) is 0 Å². The van der Waals surface area contributed by atoms with E-state index < -0.39 is 36.6 Å². The maximum atomic E-state index is 12.0. The molecular weight excluding hydrogens is 434 g/mol. The standard InChI is InChI=1S/C27H37NO6/c1-19-11-8-9-13-21(29)17-20(2)28-26(33)16-7-5-3-4-6-14-22(30)27-24(32)18-23(31)25(34-27)15-10-12-19/h3-13,15-16,20-25,27,29-32H,14,17-18H2,1-2H3,(H,28,33)/b5-3-,6-4-,11-8-,13-9-,15-10-,16-7-,19-12-/t20-,21-,22+,23+,24-,25-,27+/m0/s1. The van der Waals surface area contributed by atoms with Gasteiger partial charge in [0.15, 0.2) is 0 Å². The number of aliphatic hydroxyl groups excluding tert-OH is 4. The van der Waals surface area contributed by atoms with Gasteiger partial charge in [0.2, 0.25) is 5.91 Å². The molecular formula is C27H37NO6. The second kappa shape index (κ2) is 14.7. The fourth-order valence-corrected chi connectivity index (χ4v) is 3.66. The highest BCUT2D eigenvalue weighted by Gasteiger charge is 2.38. The Balaban J connectivity index is 2.16. The van der Waals surface area contributed by atoms with Crippen LogP contribution in [0.15, 0.2) is 84.6 Å². The van der Waals surface area contributed by atoms with Gasteiger partial charge in [-0.15, -0.1) is 0 Å². The van der Waals surface area contributed by atoms with E-state index >= 15 is 0 Å². The molecule has 1 saturated heterocycles. The van der Waals surface area contributed by atoms with Crippen LogP contribution in [0, 0.1) is 0 Å². The number of aliphatic hydroxyl groups is 4. The monoisotopic (exact) mass is 471 g/mol. The van der Waals surface area contributed by atoms with Gasteiger partial charge in [-0.25, -0.2) is 0 Å². The van der Waals surface area contributed by atoms with Gasteiger partial charge in [0.1, 0.15) is 12.2 Å². The zero-order valence-corrected chi connectivity index (χ0v) is 19.8. The van der Waals surface area contributed by atoms with E-state index in [-0.39, 0.29) is 24.8 Å². The molecule has 34 heavy (non-hydrogen) atoms. The van der Waals surface area contributed by atoms with Crippen LogP contribution in [-0.2, 0) is 9.53 Å². The lowest BCUT2D eigenvalue weighted by Gasteiger charge is -2.38. The van der Waals surface area contributed by atoms with Crippen molar-refractivity contribution in [2.24, 2.45) is 0 Å². The lowest BCUT2D eigenvalue weighted by atomic mass is 9.93. The summed E-state index contributed by atoms with van der Waals surface area (Å²) in [4.78, 5) is 12.0. The van der Waals surface area contributed by atoms with Crippen LogP contribution < -0.4 is 5.32 Å². The maximum Gasteiger partial charge on any atom is 0.244 e. The van der Waals surface area contributed by atoms with Crippen molar-refractivity contribution in [3.05, 3.63) is 84.6 Å². The molecule has 0 aromatic heterocycles. The second-order valence-electron chi connectivity index (χ2n) is 8.66. The van der Waals surface area contributed by atoms with Gasteiger partial charge in [0.25, 0.3) is 0 Å². The summed E-state index contributed by atoms with van der Waals surface area (Å²) in [6.45, 7) is 3.74. The number of hydrogen-bond donors (Lipinski definition) is 5. The summed E-state index contributed by atoms with van der Waals surface area (Å²) >= 11 is 0. The first kappa shape index (κ1) is 27.7. The minimum absolute atomic E-state index is 0.113. The number of amides is 1. The van der Waals surface area contributed by atoms with E-state index in [1.807, 2.05) is 32.1 Å². The van der Waals surface area contributed by atoms with Crippen molar-refractivity contribution < 1.29 is 30.0 Å². The van der Waals surface area contributed by atoms with Crippen LogP contribution in [0.4, 0.5) is 0 Å². The molecule has 7 atom stereocenters. The molecule has 2 bridgehead atoms. The van der Waals surface area contributed by atoms with Gasteiger partial charge in [0, 0.05) is 18.5 Å². The molecule has 0 radical (unpaired) electrons. The fourth-order valence-electron chi connectivity index (χ4n) is 3.66. The zero-order valence-electron chi connectivity index (χ0n) is 19.8. The SMILES string of the molecule is CC1=C/C=C\[C@@H]2O[C@H]([C@H](O)C\C=C/C=C\C=C/C(=O)N[C@@H](C)C[C@@H](O)\C=C/C=C\1)[C@@H](O)C[C@H]2O. The molecule has 2 aliphatic rings. The minimum atomic E-state index is -0.969. The van der Waals surface area contributed by atoms with Gasteiger partial charge in [-0.1, -0.05) is 78.5 Å². The van der Waals surface area contributed by atoms with Crippen molar-refractivity contribution >= 4 is 5.91 Å². The van der Waals surface area contributed by atoms with Crippen LogP contribution in [0.2, 0.25) is 0 Å². The average Bonchev–Trinajstić information content (AvgIpc) is 2.76. The first-order chi connectivity index (χ1) is 16.3. The van der Waals surface area contributed by atoms with Gasteiger partial charge < -0.3 is 30.5 Å². The normalized spacial score (nSPS) is 41.5. The summed E-state index contributed by atoms with van der Waals surface area (Å²) in [7, 11) is 0. The molecule has 2 heterocycles. The van der Waals surface area contributed by atoms with Crippen LogP contribution in [0.1, 0.15) is 33.1 Å². The minimum Gasteiger partial charge on any atom is -0.390 e. The van der Waals surface area contributed by atoms with E-state index in [0.717, 1.165) is 5.57 Å². The van der Waals surface area contributed by atoms with E-state index in [4.69, 9.17) is 4.74 Å². The van der Waals surface area contributed by atoms with E-state index in [2.05, 4.69) is 5.32 Å². The number of allylic oxidation sites excluding steroid dienone is 10. The highest BCUT2D eigenvalue weighted by atomic mass is 16.5. The van der Waals surface area contributed by atoms with Crippen LogP contribution >= 0.6 is 0 Å². The largest absolute Gasteiger partial charge is 0.390 e. The third-order valence-electron chi connectivity index (χ3n) is 5.48. The summed E-state index contributed by atoms with van der Waals surface area (Å²) in [5, 5.41) is 44.0.